The summed E-state index contributed by atoms with van der Waals surface area (Å²) >= 11 is 0. The van der Waals surface area contributed by atoms with Gasteiger partial charge in [-0.3, -0.25) is 9.59 Å². The van der Waals surface area contributed by atoms with Gasteiger partial charge >= 0.3 is 0 Å². The van der Waals surface area contributed by atoms with Crippen molar-refractivity contribution in [2.24, 2.45) is 5.92 Å². The van der Waals surface area contributed by atoms with Crippen LogP contribution < -0.4 is 10.2 Å². The van der Waals surface area contributed by atoms with Gasteiger partial charge in [-0.05, 0) is 36.5 Å². The molecule has 0 saturated heterocycles. The Labute approximate surface area is 126 Å². The van der Waals surface area contributed by atoms with E-state index in [4.69, 9.17) is 0 Å². The molecule has 1 aliphatic rings. The van der Waals surface area contributed by atoms with Crippen molar-refractivity contribution in [1.29, 1.82) is 0 Å². The first kappa shape index (κ1) is 15.5. The lowest BCUT2D eigenvalue weighted by molar-refractivity contribution is -0.125. The Balaban J connectivity index is 1.89. The van der Waals surface area contributed by atoms with Gasteiger partial charge in [0.2, 0.25) is 11.8 Å². The molecule has 1 aromatic rings. The van der Waals surface area contributed by atoms with Gasteiger partial charge in [0.05, 0.1) is 6.42 Å². The molecule has 0 fully saturated rings. The summed E-state index contributed by atoms with van der Waals surface area (Å²) in [6.45, 7) is 4.74. The smallest absolute Gasteiger partial charge is 0.231 e. The Morgan fingerprint density at radius 1 is 1.33 bits per heavy atom. The molecule has 0 aromatic heterocycles. The van der Waals surface area contributed by atoms with Crippen LogP contribution in [0.5, 0.6) is 0 Å². The number of likely N-dealkylation sites (N-methyl/N-ethyl adjacent to an activating group) is 1. The predicted molar refractivity (Wildman–Crippen MR) is 84.3 cm³/mol. The Morgan fingerprint density at radius 2 is 2.05 bits per heavy atom. The van der Waals surface area contributed by atoms with Crippen molar-refractivity contribution in [3.05, 3.63) is 29.3 Å². The molecule has 1 heterocycles. The van der Waals surface area contributed by atoms with Crippen LogP contribution in [0.15, 0.2) is 18.2 Å². The molecule has 0 spiro atoms. The summed E-state index contributed by atoms with van der Waals surface area (Å²) in [7, 11) is 1.81. The van der Waals surface area contributed by atoms with E-state index >= 15 is 0 Å². The molecule has 1 N–H and O–H groups in total. The molecule has 0 bridgehead atoms. The molecule has 0 atom stereocenters. The van der Waals surface area contributed by atoms with Crippen molar-refractivity contribution in [2.45, 2.75) is 39.5 Å². The fourth-order valence-corrected chi connectivity index (χ4v) is 2.81. The molecule has 0 aliphatic carbocycles. The Morgan fingerprint density at radius 3 is 2.71 bits per heavy atom. The monoisotopic (exact) mass is 288 g/mol. The summed E-state index contributed by atoms with van der Waals surface area (Å²) in [6, 6.07) is 6.12. The first-order valence-electron chi connectivity index (χ1n) is 7.72. The predicted octanol–water partition coefficient (Wildman–Crippen LogP) is 2.30. The maximum Gasteiger partial charge on any atom is 0.231 e. The molecule has 2 rings (SSSR count). The molecular weight excluding hydrogens is 264 g/mol. The average molecular weight is 288 g/mol. The Hall–Kier alpha value is -1.84. The van der Waals surface area contributed by atoms with E-state index in [1.165, 1.54) is 5.56 Å². The lowest BCUT2D eigenvalue weighted by atomic mass is 10.0. The van der Waals surface area contributed by atoms with Gasteiger partial charge in [0.15, 0.2) is 0 Å². The number of amides is 2. The number of rotatable bonds is 6. The molecule has 0 saturated carbocycles. The number of benzene rings is 1. The molecule has 0 radical (unpaired) electrons. The van der Waals surface area contributed by atoms with Gasteiger partial charge in [-0.15, -0.1) is 0 Å². The van der Waals surface area contributed by atoms with Crippen LogP contribution in [0.3, 0.4) is 0 Å². The third kappa shape index (κ3) is 3.43. The minimum atomic E-state index is 0.122. The number of nitrogens with one attached hydrogen (secondary N) is 1. The summed E-state index contributed by atoms with van der Waals surface area (Å²) in [5.74, 6) is 0.413. The van der Waals surface area contributed by atoms with E-state index in [9.17, 15) is 9.59 Å². The van der Waals surface area contributed by atoms with Gasteiger partial charge in [0.25, 0.3) is 0 Å². The maximum absolute atomic E-state index is 11.9. The van der Waals surface area contributed by atoms with E-state index in [0.717, 1.165) is 30.5 Å². The van der Waals surface area contributed by atoms with Crippen molar-refractivity contribution >= 4 is 17.5 Å². The summed E-state index contributed by atoms with van der Waals surface area (Å²) in [5.41, 5.74) is 3.26. The van der Waals surface area contributed by atoms with Crippen LogP contribution in [-0.4, -0.2) is 25.4 Å². The average Bonchev–Trinajstić information content (AvgIpc) is 2.75. The third-order valence-electron chi connectivity index (χ3n) is 4.29. The van der Waals surface area contributed by atoms with Crippen LogP contribution >= 0.6 is 0 Å². The lowest BCUT2D eigenvalue weighted by Crippen LogP contribution is -2.31. The second-order valence-electron chi connectivity index (χ2n) is 5.65. The van der Waals surface area contributed by atoms with Crippen LogP contribution in [0.2, 0.25) is 0 Å². The molecule has 0 unspecified atom stereocenters. The van der Waals surface area contributed by atoms with Crippen LogP contribution in [0.1, 0.15) is 37.8 Å². The quantitative estimate of drug-likeness (QED) is 0.873. The number of hydrogen-bond acceptors (Lipinski definition) is 2. The van der Waals surface area contributed by atoms with Gasteiger partial charge in [-0.25, -0.2) is 0 Å². The van der Waals surface area contributed by atoms with Gasteiger partial charge < -0.3 is 10.2 Å². The van der Waals surface area contributed by atoms with E-state index < -0.39 is 0 Å². The number of nitrogens with zero attached hydrogens (tertiary/aromatic N) is 1. The minimum absolute atomic E-state index is 0.122. The molecule has 4 nitrogen and oxygen atoms in total. The topological polar surface area (TPSA) is 49.4 Å². The summed E-state index contributed by atoms with van der Waals surface area (Å²) in [6.07, 6.45) is 3.06. The fraction of sp³-hybridized carbons (Fsp3) is 0.529. The Bertz CT molecular complexity index is 536. The molecule has 1 aliphatic heterocycles. The zero-order valence-electron chi connectivity index (χ0n) is 13.1. The van der Waals surface area contributed by atoms with Crippen molar-refractivity contribution in [1.82, 2.24) is 5.32 Å². The summed E-state index contributed by atoms with van der Waals surface area (Å²) in [4.78, 5) is 25.3. The lowest BCUT2D eigenvalue weighted by Gasteiger charge is -2.13. The van der Waals surface area contributed by atoms with Crippen LogP contribution in [0.25, 0.3) is 0 Å². The number of carbonyl (C=O) groups is 2. The van der Waals surface area contributed by atoms with Gasteiger partial charge in [0.1, 0.15) is 0 Å². The van der Waals surface area contributed by atoms with Crippen molar-refractivity contribution < 1.29 is 9.59 Å². The van der Waals surface area contributed by atoms with Gasteiger partial charge in [-0.2, -0.15) is 0 Å². The van der Waals surface area contributed by atoms with E-state index in [0.29, 0.717) is 13.0 Å². The molecular formula is C17H24N2O2. The van der Waals surface area contributed by atoms with Crippen LogP contribution in [0, 0.1) is 5.92 Å². The minimum Gasteiger partial charge on any atom is -0.356 e. The zero-order valence-corrected chi connectivity index (χ0v) is 13.1. The fourth-order valence-electron chi connectivity index (χ4n) is 2.81. The Kier molecular flexibility index (Phi) is 4.99. The van der Waals surface area contributed by atoms with Crippen molar-refractivity contribution in [3.63, 3.8) is 0 Å². The molecule has 21 heavy (non-hydrogen) atoms. The van der Waals surface area contributed by atoms with Gasteiger partial charge in [0, 0.05) is 25.2 Å². The number of fused-ring (bicyclic) bond motifs is 1. The van der Waals surface area contributed by atoms with E-state index in [1.54, 1.807) is 4.90 Å². The maximum atomic E-state index is 11.9. The molecule has 114 valence electrons. The second kappa shape index (κ2) is 6.74. The standard InChI is InChI=1S/C17H24N2O2/c1-4-13(5-2)17(21)18-9-8-12-6-7-15-14(10-12)11-16(20)19(15)3/h6-7,10,13H,4-5,8-9,11H2,1-3H3,(H,18,21). The number of anilines is 1. The second-order valence-corrected chi connectivity index (χ2v) is 5.65. The van der Waals surface area contributed by atoms with E-state index in [1.807, 2.05) is 33.0 Å². The summed E-state index contributed by atoms with van der Waals surface area (Å²) in [5, 5.41) is 3.00. The highest BCUT2D eigenvalue weighted by molar-refractivity contribution is 6.00. The molecule has 4 heteroatoms. The van der Waals surface area contributed by atoms with E-state index in [2.05, 4.69) is 11.4 Å². The van der Waals surface area contributed by atoms with Crippen molar-refractivity contribution in [2.75, 3.05) is 18.5 Å². The largest absolute Gasteiger partial charge is 0.356 e. The summed E-state index contributed by atoms with van der Waals surface area (Å²) < 4.78 is 0. The highest BCUT2D eigenvalue weighted by Gasteiger charge is 2.23. The third-order valence-corrected chi connectivity index (χ3v) is 4.29. The van der Waals surface area contributed by atoms with Crippen LogP contribution in [0.4, 0.5) is 5.69 Å². The number of hydrogen-bond donors (Lipinski definition) is 1. The first-order chi connectivity index (χ1) is 10.1. The highest BCUT2D eigenvalue weighted by atomic mass is 16.2. The SMILES string of the molecule is CCC(CC)C(=O)NCCc1ccc2c(c1)CC(=O)N2C. The first-order valence-corrected chi connectivity index (χ1v) is 7.72. The molecule has 2 amide bonds. The molecule has 1 aromatic carbocycles. The highest BCUT2D eigenvalue weighted by Crippen LogP contribution is 2.28. The van der Waals surface area contributed by atoms with Crippen molar-refractivity contribution in [3.8, 4) is 0 Å². The zero-order chi connectivity index (χ0) is 15.4. The van der Waals surface area contributed by atoms with Gasteiger partial charge in [-0.1, -0.05) is 26.0 Å². The van der Waals surface area contributed by atoms with Crippen LogP contribution in [-0.2, 0) is 22.4 Å². The normalized spacial score (nSPS) is 13.7. The van der Waals surface area contributed by atoms with E-state index in [-0.39, 0.29) is 17.7 Å². The number of carbonyl (C=O) groups excluding carboxylic acids is 2.